The van der Waals surface area contributed by atoms with Crippen LogP contribution >= 0.6 is 0 Å². The van der Waals surface area contributed by atoms with Gasteiger partial charge in [-0.15, -0.1) is 0 Å². The summed E-state index contributed by atoms with van der Waals surface area (Å²) in [5.74, 6) is -0.175. The lowest BCUT2D eigenvalue weighted by atomic mass is 9.79. The Morgan fingerprint density at radius 1 is 1.30 bits per heavy atom. The first-order valence-corrected chi connectivity index (χ1v) is 6.97. The number of Topliss-reactive ketones (excluding diaryl/α,β-unsaturated/α-hetero) is 1. The summed E-state index contributed by atoms with van der Waals surface area (Å²) >= 11 is 0. The third-order valence-corrected chi connectivity index (χ3v) is 3.95. The number of azide groups is 1. The highest BCUT2D eigenvalue weighted by atomic mass is 19.1. The number of benzene rings is 1. The van der Waals surface area contributed by atoms with Crippen LogP contribution in [0.3, 0.4) is 0 Å². The van der Waals surface area contributed by atoms with Crippen molar-refractivity contribution in [1.82, 2.24) is 0 Å². The molecule has 4 nitrogen and oxygen atoms in total. The number of halogens is 1. The van der Waals surface area contributed by atoms with Gasteiger partial charge in [0.15, 0.2) is 5.78 Å². The van der Waals surface area contributed by atoms with Crippen molar-refractivity contribution in [3.05, 3.63) is 46.3 Å². The van der Waals surface area contributed by atoms with E-state index in [1.807, 2.05) is 6.07 Å². The van der Waals surface area contributed by atoms with E-state index in [-0.39, 0.29) is 12.2 Å². The zero-order valence-electron chi connectivity index (χ0n) is 11.3. The Balaban J connectivity index is 2.13. The van der Waals surface area contributed by atoms with Crippen LogP contribution in [-0.4, -0.2) is 17.5 Å². The monoisotopic (exact) mass is 275 g/mol. The van der Waals surface area contributed by atoms with Crippen molar-refractivity contribution in [2.75, 3.05) is 0 Å². The zero-order chi connectivity index (χ0) is 14.4. The van der Waals surface area contributed by atoms with Gasteiger partial charge in [-0.25, -0.2) is 4.39 Å². The van der Waals surface area contributed by atoms with E-state index in [0.717, 1.165) is 19.3 Å². The highest BCUT2D eigenvalue weighted by Gasteiger charge is 2.40. The first-order chi connectivity index (χ1) is 9.65. The van der Waals surface area contributed by atoms with Gasteiger partial charge < -0.3 is 0 Å². The maximum Gasteiger partial charge on any atom is 0.163 e. The number of ketones is 1. The molecule has 0 amide bonds. The minimum absolute atomic E-state index is 0.0649. The van der Waals surface area contributed by atoms with Crippen molar-refractivity contribution in [2.45, 2.75) is 50.2 Å². The van der Waals surface area contributed by atoms with Gasteiger partial charge in [-0.2, -0.15) is 0 Å². The van der Waals surface area contributed by atoms with Gasteiger partial charge in [0.1, 0.15) is 5.67 Å². The number of alkyl halides is 1. The number of carbonyl (C=O) groups is 1. The SMILES string of the molecule is [N-]=[N+]=NC(CC(=O)c1ccccc1)C1(F)CCCCC1. The summed E-state index contributed by atoms with van der Waals surface area (Å²) in [7, 11) is 0. The minimum atomic E-state index is -1.53. The lowest BCUT2D eigenvalue weighted by Gasteiger charge is -2.34. The highest BCUT2D eigenvalue weighted by molar-refractivity contribution is 5.96. The summed E-state index contributed by atoms with van der Waals surface area (Å²) in [6.45, 7) is 0. The van der Waals surface area contributed by atoms with Crippen LogP contribution in [0.5, 0.6) is 0 Å². The van der Waals surface area contributed by atoms with Crippen molar-refractivity contribution in [2.24, 2.45) is 5.11 Å². The molecule has 5 heteroatoms. The van der Waals surface area contributed by atoms with E-state index in [0.29, 0.717) is 18.4 Å². The molecular weight excluding hydrogens is 257 g/mol. The molecule has 0 saturated heterocycles. The standard InChI is InChI=1S/C15H18FN3O/c16-15(9-5-2-6-10-15)14(18-19-17)11-13(20)12-7-3-1-4-8-12/h1,3-4,7-8,14H,2,5-6,9-11H2. The lowest BCUT2D eigenvalue weighted by Crippen LogP contribution is -2.39. The molecule has 1 saturated carbocycles. The van der Waals surface area contributed by atoms with Crippen molar-refractivity contribution >= 4 is 5.78 Å². The van der Waals surface area contributed by atoms with E-state index in [2.05, 4.69) is 10.0 Å². The largest absolute Gasteiger partial charge is 0.294 e. The van der Waals surface area contributed by atoms with Crippen molar-refractivity contribution < 1.29 is 9.18 Å². The first-order valence-electron chi connectivity index (χ1n) is 6.97. The smallest absolute Gasteiger partial charge is 0.163 e. The van der Waals surface area contributed by atoms with E-state index in [9.17, 15) is 9.18 Å². The molecule has 1 fully saturated rings. The fourth-order valence-corrected chi connectivity index (χ4v) is 2.78. The second kappa shape index (κ2) is 6.53. The van der Waals surface area contributed by atoms with Crippen LogP contribution in [0.25, 0.3) is 10.4 Å². The number of rotatable bonds is 5. The quantitative estimate of drug-likeness (QED) is 0.335. The number of carbonyl (C=O) groups excluding carboxylic acids is 1. The van der Waals surface area contributed by atoms with E-state index in [1.165, 1.54) is 0 Å². The molecule has 0 aromatic heterocycles. The average molecular weight is 275 g/mol. The molecule has 0 radical (unpaired) electrons. The normalized spacial score (nSPS) is 18.9. The summed E-state index contributed by atoms with van der Waals surface area (Å²) in [6, 6.07) is 7.84. The number of nitrogens with zero attached hydrogens (tertiary/aromatic N) is 3. The molecule has 2 rings (SSSR count). The Hall–Kier alpha value is -1.87. The molecule has 1 atom stereocenters. The van der Waals surface area contributed by atoms with Crippen LogP contribution in [0.2, 0.25) is 0 Å². The van der Waals surface area contributed by atoms with E-state index < -0.39 is 11.7 Å². The van der Waals surface area contributed by atoms with Gasteiger partial charge in [-0.3, -0.25) is 4.79 Å². The van der Waals surface area contributed by atoms with Crippen LogP contribution in [0.15, 0.2) is 35.4 Å². The highest BCUT2D eigenvalue weighted by Crippen LogP contribution is 2.38. The predicted molar refractivity (Wildman–Crippen MR) is 75.2 cm³/mol. The van der Waals surface area contributed by atoms with Crippen LogP contribution in [0, 0.1) is 0 Å². The van der Waals surface area contributed by atoms with E-state index in [1.54, 1.807) is 24.3 Å². The third kappa shape index (κ3) is 3.36. The van der Waals surface area contributed by atoms with Gasteiger partial charge >= 0.3 is 0 Å². The first kappa shape index (κ1) is 14.5. The summed E-state index contributed by atoms with van der Waals surface area (Å²) < 4.78 is 14.9. The van der Waals surface area contributed by atoms with Gasteiger partial charge in [0.2, 0.25) is 0 Å². The molecule has 0 bridgehead atoms. The molecule has 106 valence electrons. The van der Waals surface area contributed by atoms with E-state index >= 15 is 0 Å². The van der Waals surface area contributed by atoms with E-state index in [4.69, 9.17) is 5.53 Å². The Labute approximate surface area is 117 Å². The molecule has 1 unspecified atom stereocenters. The molecule has 1 aliphatic rings. The van der Waals surface area contributed by atoms with Crippen molar-refractivity contribution in [1.29, 1.82) is 0 Å². The van der Waals surface area contributed by atoms with Gasteiger partial charge in [0.05, 0.1) is 6.04 Å². The van der Waals surface area contributed by atoms with Gasteiger partial charge in [0, 0.05) is 16.9 Å². The summed E-state index contributed by atoms with van der Waals surface area (Å²) in [5, 5.41) is 3.57. The molecule has 1 aromatic carbocycles. The Morgan fingerprint density at radius 2 is 1.95 bits per heavy atom. The predicted octanol–water partition coefficient (Wildman–Crippen LogP) is 4.61. The maximum atomic E-state index is 14.9. The topological polar surface area (TPSA) is 65.8 Å². The summed E-state index contributed by atoms with van der Waals surface area (Å²) in [5.41, 5.74) is 7.65. The van der Waals surface area contributed by atoms with Gasteiger partial charge in [-0.05, 0) is 18.4 Å². The van der Waals surface area contributed by atoms with Gasteiger partial charge in [-0.1, -0.05) is 54.7 Å². The minimum Gasteiger partial charge on any atom is -0.294 e. The van der Waals surface area contributed by atoms with Crippen molar-refractivity contribution in [3.63, 3.8) is 0 Å². The zero-order valence-corrected chi connectivity index (χ0v) is 11.3. The molecule has 20 heavy (non-hydrogen) atoms. The second-order valence-electron chi connectivity index (χ2n) is 5.31. The summed E-state index contributed by atoms with van der Waals surface area (Å²) in [4.78, 5) is 14.9. The maximum absolute atomic E-state index is 14.9. The summed E-state index contributed by atoms with van der Waals surface area (Å²) in [6.07, 6.45) is 3.25. The molecule has 0 spiro atoms. The number of hydrogen-bond donors (Lipinski definition) is 0. The van der Waals surface area contributed by atoms with Crippen LogP contribution in [0.4, 0.5) is 4.39 Å². The second-order valence-corrected chi connectivity index (χ2v) is 5.31. The van der Waals surface area contributed by atoms with Gasteiger partial charge in [0.25, 0.3) is 0 Å². The lowest BCUT2D eigenvalue weighted by molar-refractivity contribution is 0.0650. The average Bonchev–Trinajstić information content (AvgIpc) is 2.48. The fourth-order valence-electron chi connectivity index (χ4n) is 2.78. The van der Waals surface area contributed by atoms with Crippen molar-refractivity contribution in [3.8, 4) is 0 Å². The Bertz CT molecular complexity index is 505. The molecule has 0 aliphatic heterocycles. The Kier molecular flexibility index (Phi) is 4.74. The molecule has 1 aromatic rings. The molecule has 0 N–H and O–H groups in total. The third-order valence-electron chi connectivity index (χ3n) is 3.95. The Morgan fingerprint density at radius 3 is 2.55 bits per heavy atom. The number of hydrogen-bond acceptors (Lipinski definition) is 2. The van der Waals surface area contributed by atoms with Crippen LogP contribution in [0.1, 0.15) is 48.9 Å². The fraction of sp³-hybridized carbons (Fsp3) is 0.533. The molecule has 1 aliphatic carbocycles. The molecule has 0 heterocycles. The molecular formula is C15H18FN3O. The van der Waals surface area contributed by atoms with Crippen LogP contribution < -0.4 is 0 Å². The van der Waals surface area contributed by atoms with Crippen LogP contribution in [-0.2, 0) is 0 Å².